The van der Waals surface area contributed by atoms with E-state index in [9.17, 15) is 4.79 Å². The van der Waals surface area contributed by atoms with Crippen LogP contribution >= 0.6 is 11.8 Å². The van der Waals surface area contributed by atoms with Crippen molar-refractivity contribution in [2.75, 3.05) is 18.5 Å². The number of aryl methyl sites for hydroxylation is 2. The maximum absolute atomic E-state index is 13.0. The first-order chi connectivity index (χ1) is 14.6. The topological polar surface area (TPSA) is 73.3 Å². The van der Waals surface area contributed by atoms with Crippen LogP contribution in [0.5, 0.6) is 11.5 Å². The number of carbonyl (C=O) groups is 1. The molecule has 1 N–H and O–H groups in total. The average Bonchev–Trinajstić information content (AvgIpc) is 2.97. The van der Waals surface area contributed by atoms with Crippen molar-refractivity contribution in [2.45, 2.75) is 31.2 Å². The Hall–Kier alpha value is -3.06. The Kier molecular flexibility index (Phi) is 6.18. The molecule has 0 spiro atoms. The molecular weight excluding hydrogens is 398 g/mol. The van der Waals surface area contributed by atoms with Crippen LogP contribution in [0.3, 0.4) is 0 Å². The van der Waals surface area contributed by atoms with E-state index in [1.54, 1.807) is 6.07 Å². The summed E-state index contributed by atoms with van der Waals surface area (Å²) in [5.41, 5.74) is 4.10. The number of hydrogen-bond donors (Lipinski definition) is 1. The minimum atomic E-state index is -0.165. The summed E-state index contributed by atoms with van der Waals surface area (Å²) < 4.78 is 11.4. The van der Waals surface area contributed by atoms with Crippen LogP contribution in [0.2, 0.25) is 0 Å². The van der Waals surface area contributed by atoms with Gasteiger partial charge in [-0.25, -0.2) is 9.97 Å². The minimum Gasteiger partial charge on any atom is -0.490 e. The lowest BCUT2D eigenvalue weighted by Gasteiger charge is -2.12. The van der Waals surface area contributed by atoms with Crippen molar-refractivity contribution in [1.82, 2.24) is 9.97 Å². The van der Waals surface area contributed by atoms with Crippen LogP contribution < -0.4 is 14.8 Å². The first kappa shape index (κ1) is 20.2. The molecule has 1 aliphatic heterocycles. The van der Waals surface area contributed by atoms with E-state index in [0.29, 0.717) is 46.9 Å². The SMILES string of the molecule is Cc1cc(C)nc(SCc2ccccc2C(=O)Nc2ccc3c(c2)OCCCO3)n1. The highest BCUT2D eigenvalue weighted by molar-refractivity contribution is 7.98. The molecule has 0 unspecified atom stereocenters. The van der Waals surface area contributed by atoms with E-state index in [1.807, 2.05) is 56.3 Å². The molecule has 0 radical (unpaired) electrons. The first-order valence-electron chi connectivity index (χ1n) is 9.82. The van der Waals surface area contributed by atoms with Crippen molar-refractivity contribution in [3.8, 4) is 11.5 Å². The van der Waals surface area contributed by atoms with Crippen molar-refractivity contribution in [1.29, 1.82) is 0 Å². The fourth-order valence-corrected chi connectivity index (χ4v) is 4.16. The molecule has 4 rings (SSSR count). The first-order valence-corrected chi connectivity index (χ1v) is 10.8. The van der Waals surface area contributed by atoms with Crippen molar-refractivity contribution in [3.05, 3.63) is 71.0 Å². The third-order valence-electron chi connectivity index (χ3n) is 4.59. The summed E-state index contributed by atoms with van der Waals surface area (Å²) in [5.74, 6) is 1.80. The van der Waals surface area contributed by atoms with Crippen molar-refractivity contribution >= 4 is 23.4 Å². The standard InChI is InChI=1S/C23H23N3O3S/c1-15-12-16(2)25-23(24-15)30-14-17-6-3-4-7-19(17)22(27)26-18-8-9-20-21(13-18)29-11-5-10-28-20/h3-4,6-9,12-13H,5,10-11,14H2,1-2H3,(H,26,27). The molecule has 0 saturated carbocycles. The van der Waals surface area contributed by atoms with Crippen LogP contribution in [0, 0.1) is 13.8 Å². The summed E-state index contributed by atoms with van der Waals surface area (Å²) in [4.78, 5) is 21.9. The Balaban J connectivity index is 1.49. The van der Waals surface area contributed by atoms with Gasteiger partial charge in [0.1, 0.15) is 0 Å². The molecule has 0 aliphatic carbocycles. The summed E-state index contributed by atoms with van der Waals surface area (Å²) in [6.45, 7) is 5.14. The van der Waals surface area contributed by atoms with Crippen LogP contribution in [-0.4, -0.2) is 29.1 Å². The summed E-state index contributed by atoms with van der Waals surface area (Å²) in [6.07, 6.45) is 0.839. The Labute approximate surface area is 180 Å². The molecule has 0 atom stereocenters. The van der Waals surface area contributed by atoms with Crippen LogP contribution in [0.1, 0.15) is 33.7 Å². The highest BCUT2D eigenvalue weighted by Crippen LogP contribution is 2.32. The van der Waals surface area contributed by atoms with Gasteiger partial charge < -0.3 is 14.8 Å². The molecule has 1 amide bonds. The predicted molar refractivity (Wildman–Crippen MR) is 118 cm³/mol. The van der Waals surface area contributed by atoms with E-state index in [2.05, 4.69) is 15.3 Å². The second-order valence-corrected chi connectivity index (χ2v) is 7.99. The number of fused-ring (bicyclic) bond motifs is 1. The van der Waals surface area contributed by atoms with E-state index in [4.69, 9.17) is 9.47 Å². The number of rotatable bonds is 5. The predicted octanol–water partition coefficient (Wildman–Crippen LogP) is 4.80. The smallest absolute Gasteiger partial charge is 0.255 e. The Morgan fingerprint density at radius 3 is 2.53 bits per heavy atom. The van der Waals surface area contributed by atoms with Crippen LogP contribution in [-0.2, 0) is 5.75 Å². The zero-order valence-corrected chi connectivity index (χ0v) is 17.8. The molecule has 7 heteroatoms. The van der Waals surface area contributed by atoms with Gasteiger partial charge in [0.25, 0.3) is 5.91 Å². The average molecular weight is 422 g/mol. The van der Waals surface area contributed by atoms with Gasteiger partial charge in [-0.1, -0.05) is 30.0 Å². The second-order valence-electron chi connectivity index (χ2n) is 7.05. The number of nitrogens with one attached hydrogen (secondary N) is 1. The number of benzene rings is 2. The Morgan fingerprint density at radius 2 is 1.73 bits per heavy atom. The molecule has 1 aliphatic rings. The van der Waals surface area contributed by atoms with Gasteiger partial charge in [0.05, 0.1) is 13.2 Å². The van der Waals surface area contributed by atoms with E-state index in [0.717, 1.165) is 23.4 Å². The minimum absolute atomic E-state index is 0.165. The van der Waals surface area contributed by atoms with Crippen LogP contribution in [0.25, 0.3) is 0 Å². The van der Waals surface area contributed by atoms with Gasteiger partial charge in [0, 0.05) is 40.9 Å². The molecule has 1 aromatic heterocycles. The van der Waals surface area contributed by atoms with E-state index in [-0.39, 0.29) is 5.91 Å². The van der Waals surface area contributed by atoms with E-state index < -0.39 is 0 Å². The summed E-state index contributed by atoms with van der Waals surface area (Å²) >= 11 is 1.52. The van der Waals surface area contributed by atoms with E-state index >= 15 is 0 Å². The van der Waals surface area contributed by atoms with Crippen LogP contribution in [0.15, 0.2) is 53.7 Å². The molecular formula is C23H23N3O3S. The third kappa shape index (κ3) is 4.91. The van der Waals surface area contributed by atoms with Gasteiger partial charge in [0.15, 0.2) is 16.7 Å². The van der Waals surface area contributed by atoms with Gasteiger partial charge in [-0.15, -0.1) is 0 Å². The number of thioether (sulfide) groups is 1. The number of carbonyl (C=O) groups excluding carboxylic acids is 1. The highest BCUT2D eigenvalue weighted by Gasteiger charge is 2.15. The fourth-order valence-electron chi connectivity index (χ4n) is 3.21. The highest BCUT2D eigenvalue weighted by atomic mass is 32.2. The summed E-state index contributed by atoms with van der Waals surface area (Å²) in [6, 6.07) is 15.0. The van der Waals surface area contributed by atoms with Gasteiger partial charge in [-0.2, -0.15) is 0 Å². The van der Waals surface area contributed by atoms with Gasteiger partial charge >= 0.3 is 0 Å². The van der Waals surface area contributed by atoms with Gasteiger partial charge in [-0.05, 0) is 43.7 Å². The van der Waals surface area contributed by atoms with Crippen molar-refractivity contribution < 1.29 is 14.3 Å². The largest absolute Gasteiger partial charge is 0.490 e. The number of ether oxygens (including phenoxy) is 2. The lowest BCUT2D eigenvalue weighted by atomic mass is 10.1. The second kappa shape index (κ2) is 9.17. The molecule has 154 valence electrons. The lowest BCUT2D eigenvalue weighted by molar-refractivity contribution is 0.102. The maximum Gasteiger partial charge on any atom is 0.255 e. The number of nitrogens with zero attached hydrogens (tertiary/aromatic N) is 2. The van der Waals surface area contributed by atoms with Gasteiger partial charge in [-0.3, -0.25) is 4.79 Å². The summed E-state index contributed by atoms with van der Waals surface area (Å²) in [7, 11) is 0. The number of hydrogen-bond acceptors (Lipinski definition) is 6. The number of aromatic nitrogens is 2. The molecule has 6 nitrogen and oxygen atoms in total. The normalized spacial score (nSPS) is 12.9. The molecule has 2 aromatic carbocycles. The molecule has 3 aromatic rings. The molecule has 0 saturated heterocycles. The molecule has 30 heavy (non-hydrogen) atoms. The Bertz CT molecular complexity index is 1050. The van der Waals surface area contributed by atoms with E-state index in [1.165, 1.54) is 11.8 Å². The number of amides is 1. The maximum atomic E-state index is 13.0. The third-order valence-corrected chi connectivity index (χ3v) is 5.48. The van der Waals surface area contributed by atoms with Crippen molar-refractivity contribution in [3.63, 3.8) is 0 Å². The zero-order chi connectivity index (χ0) is 20.9. The molecule has 0 fully saturated rings. The van der Waals surface area contributed by atoms with Crippen LogP contribution in [0.4, 0.5) is 5.69 Å². The van der Waals surface area contributed by atoms with Crippen molar-refractivity contribution in [2.24, 2.45) is 0 Å². The monoisotopic (exact) mass is 421 g/mol. The lowest BCUT2D eigenvalue weighted by Crippen LogP contribution is -2.14. The molecule has 0 bridgehead atoms. The number of anilines is 1. The summed E-state index contributed by atoms with van der Waals surface area (Å²) in [5, 5.41) is 3.68. The fraction of sp³-hybridized carbons (Fsp3) is 0.261. The van der Waals surface area contributed by atoms with Gasteiger partial charge in [0.2, 0.25) is 0 Å². The Morgan fingerprint density at radius 1 is 1.00 bits per heavy atom. The molecule has 2 heterocycles. The quantitative estimate of drug-likeness (QED) is 0.471. The zero-order valence-electron chi connectivity index (χ0n) is 17.0.